The second-order valence-corrected chi connectivity index (χ2v) is 4.76. The topological polar surface area (TPSA) is 73.0 Å². The lowest BCUT2D eigenvalue weighted by molar-refractivity contribution is -0.684. The van der Waals surface area contributed by atoms with Crippen LogP contribution in [0.15, 0.2) is 47.8 Å². The van der Waals surface area contributed by atoms with Crippen LogP contribution in [0.4, 0.5) is 0 Å². The second kappa shape index (κ2) is 10.1. The number of benzene rings is 1. The van der Waals surface area contributed by atoms with Crippen LogP contribution in [0.1, 0.15) is 5.56 Å². The van der Waals surface area contributed by atoms with Gasteiger partial charge in [-0.15, -0.1) is 0 Å². The molecule has 0 atom stereocenters. The van der Waals surface area contributed by atoms with Crippen LogP contribution in [0, 0.1) is 0 Å². The van der Waals surface area contributed by atoms with E-state index >= 15 is 0 Å². The standard InChI is InChI=1S/C17H19N3O4.ClH/c1-22-14-8-7-13(16(23-2)17(14)24-3)11-18-19-15(21)12-20-9-5-4-6-10-20;/h4-11H,12H2,1-3H3;1H. The Kier molecular flexibility index (Phi) is 8.22. The SMILES string of the molecule is COc1ccc(C=NNC(=O)C[n+]2ccccc2)c(OC)c1OC.[Cl-]. The summed E-state index contributed by atoms with van der Waals surface area (Å²) in [6, 6.07) is 9.10. The molecule has 0 bridgehead atoms. The third kappa shape index (κ3) is 5.36. The third-order valence-corrected chi connectivity index (χ3v) is 3.23. The first kappa shape index (κ1) is 20.2. The molecule has 1 heterocycles. The summed E-state index contributed by atoms with van der Waals surface area (Å²) in [7, 11) is 4.60. The van der Waals surface area contributed by atoms with E-state index in [4.69, 9.17) is 14.2 Å². The van der Waals surface area contributed by atoms with Crippen molar-refractivity contribution in [2.45, 2.75) is 6.54 Å². The molecule has 2 aromatic rings. The van der Waals surface area contributed by atoms with Gasteiger partial charge in [-0.2, -0.15) is 9.67 Å². The Morgan fingerprint density at radius 1 is 1.08 bits per heavy atom. The molecule has 0 aliphatic heterocycles. The molecule has 2 rings (SSSR count). The number of nitrogens with zero attached hydrogens (tertiary/aromatic N) is 2. The van der Waals surface area contributed by atoms with Crippen molar-refractivity contribution in [1.29, 1.82) is 0 Å². The summed E-state index contributed by atoms with van der Waals surface area (Å²) >= 11 is 0. The van der Waals surface area contributed by atoms with E-state index in [2.05, 4.69) is 10.5 Å². The van der Waals surface area contributed by atoms with Gasteiger partial charge in [0.25, 0.3) is 0 Å². The largest absolute Gasteiger partial charge is 1.00 e. The number of halogens is 1. The van der Waals surface area contributed by atoms with E-state index in [1.54, 1.807) is 36.2 Å². The zero-order chi connectivity index (χ0) is 17.4. The van der Waals surface area contributed by atoms with E-state index in [0.29, 0.717) is 22.8 Å². The van der Waals surface area contributed by atoms with E-state index in [-0.39, 0.29) is 24.9 Å². The number of rotatable bonds is 7. The molecule has 0 radical (unpaired) electrons. The van der Waals surface area contributed by atoms with Gasteiger partial charge in [-0.25, -0.2) is 5.43 Å². The highest BCUT2D eigenvalue weighted by molar-refractivity contribution is 5.87. The van der Waals surface area contributed by atoms with Gasteiger partial charge in [0.15, 0.2) is 23.9 Å². The van der Waals surface area contributed by atoms with Gasteiger partial charge in [-0.1, -0.05) is 6.07 Å². The number of nitrogens with one attached hydrogen (secondary N) is 1. The van der Waals surface area contributed by atoms with Crippen molar-refractivity contribution in [3.8, 4) is 17.2 Å². The molecule has 0 aliphatic carbocycles. The molecule has 0 saturated carbocycles. The number of hydrogen-bond donors (Lipinski definition) is 1. The summed E-state index contributed by atoms with van der Waals surface area (Å²) < 4.78 is 17.6. The number of methoxy groups -OCH3 is 3. The smallest absolute Gasteiger partial charge is 0.305 e. The molecule has 8 heteroatoms. The minimum Gasteiger partial charge on any atom is -1.00 e. The fourth-order valence-corrected chi connectivity index (χ4v) is 2.14. The van der Waals surface area contributed by atoms with E-state index in [9.17, 15) is 4.79 Å². The summed E-state index contributed by atoms with van der Waals surface area (Å²) in [5, 5.41) is 3.96. The molecule has 0 saturated heterocycles. The van der Waals surface area contributed by atoms with Gasteiger partial charge in [-0.3, -0.25) is 4.79 Å². The van der Waals surface area contributed by atoms with Gasteiger partial charge in [0.2, 0.25) is 12.3 Å². The van der Waals surface area contributed by atoms with Crippen LogP contribution in [0.5, 0.6) is 17.2 Å². The molecule has 1 aromatic carbocycles. The van der Waals surface area contributed by atoms with Crippen LogP contribution in [-0.2, 0) is 11.3 Å². The molecule has 7 nitrogen and oxygen atoms in total. The summed E-state index contributed by atoms with van der Waals surface area (Å²) in [6.07, 6.45) is 5.11. The molecule has 0 spiro atoms. The lowest BCUT2D eigenvalue weighted by Crippen LogP contribution is -3.00. The first-order chi connectivity index (χ1) is 11.7. The summed E-state index contributed by atoms with van der Waals surface area (Å²) in [4.78, 5) is 11.9. The molecular formula is C17H20ClN3O4. The number of carbonyl (C=O) groups excluding carboxylic acids is 1. The quantitative estimate of drug-likeness (QED) is 0.355. The number of hydrogen-bond acceptors (Lipinski definition) is 5. The number of aromatic nitrogens is 1. The van der Waals surface area contributed by atoms with Crippen molar-refractivity contribution in [2.75, 3.05) is 21.3 Å². The predicted octanol–water partition coefficient (Wildman–Crippen LogP) is -1.85. The minimum atomic E-state index is -0.234. The van der Waals surface area contributed by atoms with E-state index in [1.165, 1.54) is 20.4 Å². The van der Waals surface area contributed by atoms with Crippen molar-refractivity contribution in [3.05, 3.63) is 48.3 Å². The number of pyridine rings is 1. The van der Waals surface area contributed by atoms with Crippen molar-refractivity contribution in [1.82, 2.24) is 5.43 Å². The fraction of sp³-hybridized carbons (Fsp3) is 0.235. The highest BCUT2D eigenvalue weighted by Crippen LogP contribution is 2.38. The van der Waals surface area contributed by atoms with Crippen LogP contribution in [0.25, 0.3) is 0 Å². The van der Waals surface area contributed by atoms with Gasteiger partial charge < -0.3 is 26.6 Å². The average Bonchev–Trinajstić information content (AvgIpc) is 2.61. The Labute approximate surface area is 152 Å². The summed E-state index contributed by atoms with van der Waals surface area (Å²) in [6.45, 7) is 0.182. The number of amides is 1. The maximum atomic E-state index is 11.9. The number of ether oxygens (including phenoxy) is 3. The second-order valence-electron chi connectivity index (χ2n) is 4.76. The Bertz CT molecular complexity index is 723. The Morgan fingerprint density at radius 3 is 2.36 bits per heavy atom. The van der Waals surface area contributed by atoms with Crippen LogP contribution in [0.3, 0.4) is 0 Å². The van der Waals surface area contributed by atoms with Crippen LogP contribution < -0.4 is 36.6 Å². The average molecular weight is 366 g/mol. The summed E-state index contributed by atoms with van der Waals surface area (Å²) in [5.41, 5.74) is 3.13. The number of carbonyl (C=O) groups is 1. The molecular weight excluding hydrogens is 346 g/mol. The van der Waals surface area contributed by atoms with Crippen LogP contribution in [-0.4, -0.2) is 33.5 Å². The van der Waals surface area contributed by atoms with Crippen molar-refractivity contribution in [3.63, 3.8) is 0 Å². The normalized spacial score (nSPS) is 10.0. The molecule has 134 valence electrons. The third-order valence-electron chi connectivity index (χ3n) is 3.23. The Morgan fingerprint density at radius 2 is 1.76 bits per heavy atom. The highest BCUT2D eigenvalue weighted by Gasteiger charge is 2.14. The molecule has 1 amide bonds. The first-order valence-electron chi connectivity index (χ1n) is 7.24. The van der Waals surface area contributed by atoms with E-state index < -0.39 is 0 Å². The molecule has 0 unspecified atom stereocenters. The van der Waals surface area contributed by atoms with Gasteiger partial charge in [0.1, 0.15) is 0 Å². The maximum absolute atomic E-state index is 11.9. The molecule has 0 aliphatic rings. The van der Waals surface area contributed by atoms with Crippen molar-refractivity contribution in [2.24, 2.45) is 5.10 Å². The number of hydrazone groups is 1. The van der Waals surface area contributed by atoms with E-state index in [1.807, 2.05) is 18.2 Å². The molecule has 25 heavy (non-hydrogen) atoms. The maximum Gasteiger partial charge on any atom is 0.305 e. The van der Waals surface area contributed by atoms with Crippen molar-refractivity contribution < 1.29 is 36.0 Å². The summed E-state index contributed by atoms with van der Waals surface area (Å²) in [5.74, 6) is 1.26. The molecule has 0 fully saturated rings. The monoisotopic (exact) mass is 365 g/mol. The molecule has 1 N–H and O–H groups in total. The zero-order valence-corrected chi connectivity index (χ0v) is 15.0. The van der Waals surface area contributed by atoms with Gasteiger partial charge in [-0.05, 0) is 12.1 Å². The van der Waals surface area contributed by atoms with Crippen LogP contribution >= 0.6 is 0 Å². The van der Waals surface area contributed by atoms with Gasteiger partial charge in [0.05, 0.1) is 27.5 Å². The zero-order valence-electron chi connectivity index (χ0n) is 14.2. The first-order valence-corrected chi connectivity index (χ1v) is 7.24. The Hall–Kier alpha value is -2.80. The van der Waals surface area contributed by atoms with E-state index in [0.717, 1.165) is 0 Å². The highest BCUT2D eigenvalue weighted by atomic mass is 35.5. The molecule has 1 aromatic heterocycles. The van der Waals surface area contributed by atoms with Gasteiger partial charge in [0, 0.05) is 17.7 Å². The Balaban J connectivity index is 0.00000312. The lowest BCUT2D eigenvalue weighted by atomic mass is 10.2. The van der Waals surface area contributed by atoms with Gasteiger partial charge >= 0.3 is 5.91 Å². The van der Waals surface area contributed by atoms with Crippen LogP contribution in [0.2, 0.25) is 0 Å². The minimum absolute atomic E-state index is 0. The lowest BCUT2D eigenvalue weighted by Gasteiger charge is -2.13. The predicted molar refractivity (Wildman–Crippen MR) is 88.5 cm³/mol. The fourth-order valence-electron chi connectivity index (χ4n) is 2.14. The van der Waals surface area contributed by atoms with Crippen molar-refractivity contribution >= 4 is 12.1 Å².